The molecular formula is C43H55FN4O5. The molecular weight excluding hydrogens is 671 g/mol. The second-order valence-corrected chi connectivity index (χ2v) is 16.4. The number of nitrogens with one attached hydrogen (secondary N) is 1. The Morgan fingerprint density at radius 3 is 2.45 bits per heavy atom. The van der Waals surface area contributed by atoms with Crippen molar-refractivity contribution in [3.8, 4) is 22.4 Å². The van der Waals surface area contributed by atoms with Gasteiger partial charge < -0.3 is 19.1 Å². The van der Waals surface area contributed by atoms with Crippen molar-refractivity contribution in [1.29, 1.82) is 0 Å². The molecule has 2 atom stereocenters. The average molecular weight is 727 g/mol. The fourth-order valence-electron chi connectivity index (χ4n) is 7.58. The number of aromatic nitrogens is 1. The fraction of sp³-hybridized carbons (Fsp3) is 0.512. The third-order valence-corrected chi connectivity index (χ3v) is 9.98. The van der Waals surface area contributed by atoms with Crippen molar-refractivity contribution < 1.29 is 28.2 Å². The molecule has 6 rings (SSSR count). The van der Waals surface area contributed by atoms with E-state index in [2.05, 4.69) is 43.4 Å². The molecule has 2 aromatic carbocycles. The maximum Gasteiger partial charge on any atom is 0.308 e. The van der Waals surface area contributed by atoms with Crippen LogP contribution in [0.5, 0.6) is 0 Å². The highest BCUT2D eigenvalue weighted by atomic mass is 19.1. The van der Waals surface area contributed by atoms with Crippen LogP contribution in [0.1, 0.15) is 106 Å². The molecule has 10 heteroatoms. The number of ether oxygens (including phenoxy) is 3. The smallest absolute Gasteiger partial charge is 0.308 e. The molecule has 0 saturated carbocycles. The number of hydrogen-bond acceptors (Lipinski definition) is 8. The Labute approximate surface area is 313 Å². The number of hydrazine groups is 1. The van der Waals surface area contributed by atoms with Crippen LogP contribution in [-0.2, 0) is 31.8 Å². The summed E-state index contributed by atoms with van der Waals surface area (Å²) < 4.78 is 32.5. The predicted octanol–water partition coefficient (Wildman–Crippen LogP) is 7.71. The van der Waals surface area contributed by atoms with E-state index < -0.39 is 11.4 Å². The first-order valence-electron chi connectivity index (χ1n) is 19.0. The lowest BCUT2D eigenvalue weighted by Gasteiger charge is -2.40. The molecule has 9 nitrogen and oxygen atoms in total. The zero-order chi connectivity index (χ0) is 38.1. The molecule has 3 heterocycles. The Kier molecular flexibility index (Phi) is 11.5. The van der Waals surface area contributed by atoms with Crippen molar-refractivity contribution >= 4 is 18.0 Å². The minimum absolute atomic E-state index is 0.0431. The summed E-state index contributed by atoms with van der Waals surface area (Å²) in [7, 11) is 2.09. The van der Waals surface area contributed by atoms with Gasteiger partial charge in [-0.05, 0) is 113 Å². The Morgan fingerprint density at radius 1 is 1.06 bits per heavy atom. The Balaban J connectivity index is 1.41. The number of carbonyl (C=O) groups excluding carboxylic acids is 2. The summed E-state index contributed by atoms with van der Waals surface area (Å²) in [5, 5.41) is 1.99. The summed E-state index contributed by atoms with van der Waals surface area (Å²) in [5.41, 5.74) is 10.9. The van der Waals surface area contributed by atoms with E-state index in [9.17, 15) is 14.0 Å². The third kappa shape index (κ3) is 9.59. The van der Waals surface area contributed by atoms with Gasteiger partial charge in [0.05, 0.1) is 30.0 Å². The minimum atomic E-state index is -0.912. The number of piperazine rings is 1. The lowest BCUT2D eigenvalue weighted by Crippen LogP contribution is -2.52. The summed E-state index contributed by atoms with van der Waals surface area (Å²) >= 11 is 0. The van der Waals surface area contributed by atoms with Crippen LogP contribution in [0.3, 0.4) is 0 Å². The fourth-order valence-corrected chi connectivity index (χ4v) is 7.58. The maximum atomic E-state index is 14.4. The zero-order valence-electron chi connectivity index (χ0n) is 32.6. The van der Waals surface area contributed by atoms with Crippen LogP contribution in [0, 0.1) is 5.82 Å². The summed E-state index contributed by atoms with van der Waals surface area (Å²) in [6.45, 7) is 16.9. The topological polar surface area (TPSA) is 93.2 Å². The SMILES string of the molecule is CC(C)c1nc2c(c(-c3ccc(F)cc3)c1C=C[C@@H]1C[C@H](CC(=O)OC(C)(C)C)OC(C)(C)O1)CCCc1ccc(C(=O)NN3CCN(C)CC3)cc1-2. The molecule has 53 heavy (non-hydrogen) atoms. The molecule has 1 N–H and O–H groups in total. The van der Waals surface area contributed by atoms with E-state index in [1.54, 1.807) is 0 Å². The largest absolute Gasteiger partial charge is 0.460 e. The first-order valence-corrected chi connectivity index (χ1v) is 19.0. The van der Waals surface area contributed by atoms with Gasteiger partial charge in [0, 0.05) is 49.3 Å². The van der Waals surface area contributed by atoms with Crippen molar-refractivity contribution in [2.45, 2.75) is 110 Å². The first-order chi connectivity index (χ1) is 25.0. The summed E-state index contributed by atoms with van der Waals surface area (Å²) in [4.78, 5) is 34.0. The molecule has 1 aromatic heterocycles. The van der Waals surface area contributed by atoms with Crippen molar-refractivity contribution in [3.63, 3.8) is 0 Å². The average Bonchev–Trinajstić information content (AvgIpc) is 3.25. The van der Waals surface area contributed by atoms with Crippen molar-refractivity contribution in [2.75, 3.05) is 33.2 Å². The standard InChI is InChI=1S/C43H55FN4O5/c1-27(2)39-35(19-18-32-25-33(52-43(6,7)51-32)26-37(49)53-42(3,4)5)38(29-14-16-31(44)17-15-29)34-11-9-10-28-12-13-30(24-36(28)40(34)45-39)41(50)46-48-22-20-47(8)21-23-48/h12-19,24,27,32-33H,9-11,20-23,25-26H2,1-8H3,(H,46,50)/t32-,33-/m1/s1. The van der Waals surface area contributed by atoms with Crippen LogP contribution in [0.25, 0.3) is 28.5 Å². The minimum Gasteiger partial charge on any atom is -0.460 e. The van der Waals surface area contributed by atoms with Crippen LogP contribution < -0.4 is 5.43 Å². The Morgan fingerprint density at radius 2 is 1.77 bits per heavy atom. The Hall–Kier alpha value is -3.96. The number of rotatable bonds is 8. The molecule has 0 radical (unpaired) electrons. The first kappa shape index (κ1) is 38.8. The molecule has 284 valence electrons. The third-order valence-electron chi connectivity index (χ3n) is 9.98. The number of esters is 1. The van der Waals surface area contributed by atoms with Gasteiger partial charge in [-0.1, -0.05) is 44.2 Å². The quantitative estimate of drug-likeness (QED) is 0.236. The van der Waals surface area contributed by atoms with E-state index in [4.69, 9.17) is 19.2 Å². The zero-order valence-corrected chi connectivity index (χ0v) is 32.6. The molecule has 2 fully saturated rings. The lowest BCUT2D eigenvalue weighted by molar-refractivity contribution is -0.290. The molecule has 3 aromatic rings. The molecule has 1 amide bonds. The van der Waals surface area contributed by atoms with Crippen LogP contribution in [-0.4, -0.2) is 83.6 Å². The van der Waals surface area contributed by atoms with E-state index in [0.717, 1.165) is 90.2 Å². The van der Waals surface area contributed by atoms with Crippen LogP contribution in [0.15, 0.2) is 48.5 Å². The highest BCUT2D eigenvalue weighted by molar-refractivity contribution is 5.96. The number of nitrogens with zero attached hydrogens (tertiary/aromatic N) is 3. The van der Waals surface area contributed by atoms with Gasteiger partial charge in [-0.2, -0.15) is 0 Å². The number of amides is 1. The van der Waals surface area contributed by atoms with Gasteiger partial charge in [0.15, 0.2) is 5.79 Å². The van der Waals surface area contributed by atoms with Crippen molar-refractivity contribution in [1.82, 2.24) is 20.3 Å². The van der Waals surface area contributed by atoms with Gasteiger partial charge in [-0.25, -0.2) is 9.40 Å². The van der Waals surface area contributed by atoms with Gasteiger partial charge in [-0.3, -0.25) is 20.0 Å². The number of carbonyl (C=O) groups is 2. The Bertz CT molecular complexity index is 1840. The van der Waals surface area contributed by atoms with Gasteiger partial charge >= 0.3 is 5.97 Å². The molecule has 0 unspecified atom stereocenters. The molecule has 0 bridgehead atoms. The van der Waals surface area contributed by atoms with Gasteiger partial charge in [0.1, 0.15) is 11.4 Å². The number of likely N-dealkylation sites (N-methyl/N-ethyl adjacent to an activating group) is 1. The van der Waals surface area contributed by atoms with Crippen molar-refractivity contribution in [2.24, 2.45) is 0 Å². The molecule has 3 aliphatic rings. The van der Waals surface area contributed by atoms with E-state index in [-0.39, 0.29) is 42.2 Å². The van der Waals surface area contributed by atoms with E-state index in [0.29, 0.717) is 12.0 Å². The maximum absolute atomic E-state index is 14.4. The monoisotopic (exact) mass is 726 g/mol. The van der Waals surface area contributed by atoms with E-state index in [1.165, 1.54) is 12.1 Å². The van der Waals surface area contributed by atoms with E-state index >= 15 is 0 Å². The van der Waals surface area contributed by atoms with Crippen molar-refractivity contribution in [3.05, 3.63) is 82.3 Å². The van der Waals surface area contributed by atoms with Gasteiger partial charge in [0.25, 0.3) is 5.91 Å². The summed E-state index contributed by atoms with van der Waals surface area (Å²) in [6.07, 6.45) is 6.53. The number of hydrogen-bond donors (Lipinski definition) is 1. The number of halogens is 1. The summed E-state index contributed by atoms with van der Waals surface area (Å²) in [5.74, 6) is -1.61. The summed E-state index contributed by atoms with van der Waals surface area (Å²) in [6, 6.07) is 12.7. The number of fused-ring (bicyclic) bond motifs is 3. The van der Waals surface area contributed by atoms with Gasteiger partial charge in [-0.15, -0.1) is 0 Å². The highest BCUT2D eigenvalue weighted by Crippen LogP contribution is 2.43. The molecule has 2 saturated heterocycles. The molecule has 2 aliphatic heterocycles. The number of aryl methyl sites for hydroxylation is 1. The number of pyridine rings is 1. The van der Waals surface area contributed by atoms with Crippen LogP contribution in [0.2, 0.25) is 0 Å². The second kappa shape index (κ2) is 15.8. The van der Waals surface area contributed by atoms with E-state index in [1.807, 2.05) is 70.0 Å². The second-order valence-electron chi connectivity index (χ2n) is 16.4. The van der Waals surface area contributed by atoms with Crippen LogP contribution >= 0.6 is 0 Å². The number of benzene rings is 2. The molecule has 1 aliphatic carbocycles. The normalized spacial score (nSPS) is 20.9. The predicted molar refractivity (Wildman–Crippen MR) is 206 cm³/mol. The lowest BCUT2D eigenvalue weighted by atomic mass is 9.86. The van der Waals surface area contributed by atoms with Crippen LogP contribution in [0.4, 0.5) is 4.39 Å². The van der Waals surface area contributed by atoms with Gasteiger partial charge in [0.2, 0.25) is 0 Å². The highest BCUT2D eigenvalue weighted by Gasteiger charge is 2.36. The molecule has 0 spiro atoms.